The maximum atomic E-state index is 12.7. The van der Waals surface area contributed by atoms with Gasteiger partial charge in [0, 0.05) is 31.1 Å². The molecule has 1 aliphatic rings. The van der Waals surface area contributed by atoms with Crippen molar-refractivity contribution in [3.8, 4) is 0 Å². The van der Waals surface area contributed by atoms with Crippen LogP contribution in [0.4, 0.5) is 0 Å². The largest absolute Gasteiger partial charge is 0.477 e. The summed E-state index contributed by atoms with van der Waals surface area (Å²) < 4.78 is 7.38. The second-order valence-corrected chi connectivity index (χ2v) is 6.93. The van der Waals surface area contributed by atoms with E-state index in [1.807, 2.05) is 47.9 Å². The summed E-state index contributed by atoms with van der Waals surface area (Å²) in [5, 5.41) is 9.50. The molecule has 0 aliphatic heterocycles. The molecule has 1 aromatic carbocycles. The van der Waals surface area contributed by atoms with Crippen molar-refractivity contribution in [2.24, 2.45) is 0 Å². The maximum Gasteiger partial charge on any atom is 0.341 e. The first-order valence-electron chi connectivity index (χ1n) is 9.40. The van der Waals surface area contributed by atoms with Crippen LogP contribution in [0, 0.1) is 0 Å². The fraction of sp³-hybridized carbons (Fsp3) is 0.304. The number of methoxy groups -OCH3 is 1. The van der Waals surface area contributed by atoms with Gasteiger partial charge in [-0.15, -0.1) is 0 Å². The van der Waals surface area contributed by atoms with E-state index < -0.39 is 11.4 Å². The highest BCUT2D eigenvalue weighted by Crippen LogP contribution is 2.30. The van der Waals surface area contributed by atoms with Crippen LogP contribution in [0.2, 0.25) is 0 Å². The Balaban J connectivity index is 2.05. The Labute approximate surface area is 164 Å². The molecule has 28 heavy (non-hydrogen) atoms. The first-order chi connectivity index (χ1) is 13.5. The molecule has 0 saturated carbocycles. The van der Waals surface area contributed by atoms with Crippen molar-refractivity contribution in [2.45, 2.75) is 38.8 Å². The fourth-order valence-electron chi connectivity index (χ4n) is 3.86. The van der Waals surface area contributed by atoms with Crippen molar-refractivity contribution in [1.82, 2.24) is 4.57 Å². The van der Waals surface area contributed by atoms with Crippen LogP contribution in [0.5, 0.6) is 0 Å². The first-order valence-corrected chi connectivity index (χ1v) is 9.40. The number of carboxylic acids is 1. The van der Waals surface area contributed by atoms with Crippen LogP contribution in [0.15, 0.2) is 54.0 Å². The second kappa shape index (κ2) is 8.40. The van der Waals surface area contributed by atoms with Crippen molar-refractivity contribution >= 4 is 11.5 Å². The van der Waals surface area contributed by atoms with Crippen LogP contribution < -0.4 is 5.43 Å². The summed E-state index contributed by atoms with van der Waals surface area (Å²) in [4.78, 5) is 24.3. The summed E-state index contributed by atoms with van der Waals surface area (Å²) in [5.41, 5.74) is 3.90. The molecule has 5 nitrogen and oxygen atoms in total. The number of aromatic carboxylic acids is 1. The Bertz CT molecular complexity index is 983. The summed E-state index contributed by atoms with van der Waals surface area (Å²) in [7, 11) is 1.56. The van der Waals surface area contributed by atoms with Gasteiger partial charge in [0.1, 0.15) is 5.56 Å². The third kappa shape index (κ3) is 3.71. The van der Waals surface area contributed by atoms with Crippen molar-refractivity contribution < 1.29 is 14.6 Å². The van der Waals surface area contributed by atoms with E-state index in [2.05, 4.69) is 6.58 Å². The van der Waals surface area contributed by atoms with Gasteiger partial charge in [-0.05, 0) is 42.9 Å². The topological polar surface area (TPSA) is 68.5 Å². The third-order valence-electron chi connectivity index (χ3n) is 5.32. The number of carboxylic acid groups (broad SMARTS) is 1. The molecule has 0 radical (unpaired) electrons. The highest BCUT2D eigenvalue weighted by Gasteiger charge is 2.28. The zero-order valence-electron chi connectivity index (χ0n) is 16.3. The van der Waals surface area contributed by atoms with E-state index in [9.17, 15) is 14.7 Å². The molecular formula is C23H25NO4. The number of ether oxygens (including phenoxy) is 1. The molecule has 5 heteroatoms. The lowest BCUT2D eigenvalue weighted by molar-refractivity contribution is 0.0689. The predicted octanol–water partition coefficient (Wildman–Crippen LogP) is 4.21. The molecule has 0 saturated heterocycles. The number of pyridine rings is 1. The number of aromatic nitrogens is 1. The summed E-state index contributed by atoms with van der Waals surface area (Å²) in [6.07, 6.45) is 7.30. The van der Waals surface area contributed by atoms with Gasteiger partial charge in [-0.2, -0.15) is 0 Å². The minimum absolute atomic E-state index is 0.206. The second-order valence-electron chi connectivity index (χ2n) is 6.93. The molecule has 0 amide bonds. The van der Waals surface area contributed by atoms with E-state index in [1.165, 1.54) is 6.20 Å². The Morgan fingerprint density at radius 2 is 2.07 bits per heavy atom. The van der Waals surface area contributed by atoms with E-state index in [-0.39, 0.29) is 11.7 Å². The van der Waals surface area contributed by atoms with Crippen LogP contribution in [0.25, 0.3) is 5.57 Å². The highest BCUT2D eigenvalue weighted by atomic mass is 16.5. The summed E-state index contributed by atoms with van der Waals surface area (Å²) in [6, 6.07) is 8.09. The molecule has 3 rings (SSSR count). The lowest BCUT2D eigenvalue weighted by Crippen LogP contribution is -2.30. The Kier molecular flexibility index (Phi) is 5.95. The van der Waals surface area contributed by atoms with Crippen molar-refractivity contribution in [2.75, 3.05) is 7.11 Å². The molecule has 1 atom stereocenters. The molecule has 1 heterocycles. The fourth-order valence-corrected chi connectivity index (χ4v) is 3.86. The standard InChI is InChI=1S/C23H25NO4/c1-4-16(5-2)17-11-9-15(10-12-17)13-24-14-18(23(26)27)22(25)21-19(24)7-6-8-20(21)28-3/h4-5,9-12,14,20H,1,6-8,13H2,2-3H3,(H,26,27)/b16-5+. The molecule has 1 N–H and O–H groups in total. The average molecular weight is 379 g/mol. The van der Waals surface area contributed by atoms with Gasteiger partial charge in [0.15, 0.2) is 0 Å². The molecule has 0 fully saturated rings. The quantitative estimate of drug-likeness (QED) is 0.764. The number of rotatable bonds is 6. The zero-order valence-corrected chi connectivity index (χ0v) is 16.3. The summed E-state index contributed by atoms with van der Waals surface area (Å²) in [6.45, 7) is 6.30. The smallest absolute Gasteiger partial charge is 0.341 e. The molecule has 0 bridgehead atoms. The maximum absolute atomic E-state index is 12.7. The number of hydrogen-bond donors (Lipinski definition) is 1. The molecule has 1 unspecified atom stereocenters. The minimum atomic E-state index is -1.21. The number of hydrogen-bond acceptors (Lipinski definition) is 3. The van der Waals surface area contributed by atoms with E-state index in [0.29, 0.717) is 12.1 Å². The minimum Gasteiger partial charge on any atom is -0.477 e. The Morgan fingerprint density at radius 3 is 2.64 bits per heavy atom. The molecule has 2 aromatic rings. The normalized spacial score (nSPS) is 16.5. The van der Waals surface area contributed by atoms with E-state index in [1.54, 1.807) is 7.11 Å². The van der Waals surface area contributed by atoms with E-state index in [0.717, 1.165) is 41.7 Å². The molecule has 1 aromatic heterocycles. The van der Waals surface area contributed by atoms with Crippen LogP contribution in [0.3, 0.4) is 0 Å². The zero-order chi connectivity index (χ0) is 20.3. The van der Waals surface area contributed by atoms with Gasteiger partial charge in [0.2, 0.25) is 5.43 Å². The van der Waals surface area contributed by atoms with E-state index in [4.69, 9.17) is 4.74 Å². The SMILES string of the molecule is C=C/C(=C\C)c1ccc(Cn2cc(C(=O)O)c(=O)c3c2CCCC3OC)cc1. The van der Waals surface area contributed by atoms with Gasteiger partial charge in [-0.25, -0.2) is 4.79 Å². The first kappa shape index (κ1) is 19.8. The van der Waals surface area contributed by atoms with Crippen LogP contribution >= 0.6 is 0 Å². The predicted molar refractivity (Wildman–Crippen MR) is 110 cm³/mol. The van der Waals surface area contributed by atoms with E-state index >= 15 is 0 Å². The Morgan fingerprint density at radius 1 is 1.36 bits per heavy atom. The van der Waals surface area contributed by atoms with Crippen LogP contribution in [0.1, 0.15) is 58.6 Å². The molecule has 0 spiro atoms. The highest BCUT2D eigenvalue weighted by molar-refractivity contribution is 5.87. The van der Waals surface area contributed by atoms with Gasteiger partial charge >= 0.3 is 5.97 Å². The number of nitrogens with zero attached hydrogens (tertiary/aromatic N) is 1. The molecule has 1 aliphatic carbocycles. The van der Waals surface area contributed by atoms with Crippen LogP contribution in [-0.2, 0) is 17.7 Å². The van der Waals surface area contributed by atoms with Gasteiger partial charge < -0.3 is 14.4 Å². The average Bonchev–Trinajstić information content (AvgIpc) is 2.71. The van der Waals surface area contributed by atoms with Crippen molar-refractivity contribution in [3.05, 3.63) is 87.4 Å². The molecular weight excluding hydrogens is 354 g/mol. The number of benzene rings is 1. The van der Waals surface area contributed by atoms with Gasteiger partial charge in [-0.3, -0.25) is 4.79 Å². The summed E-state index contributed by atoms with van der Waals surface area (Å²) >= 11 is 0. The van der Waals surface area contributed by atoms with Gasteiger partial charge in [0.05, 0.1) is 6.10 Å². The lowest BCUT2D eigenvalue weighted by atomic mass is 9.91. The van der Waals surface area contributed by atoms with Crippen LogP contribution in [-0.4, -0.2) is 22.8 Å². The van der Waals surface area contributed by atoms with Crippen molar-refractivity contribution in [3.63, 3.8) is 0 Å². The number of carbonyl (C=O) groups is 1. The summed E-state index contributed by atoms with van der Waals surface area (Å²) in [5.74, 6) is -1.21. The number of fused-ring (bicyclic) bond motifs is 1. The monoisotopic (exact) mass is 379 g/mol. The van der Waals surface area contributed by atoms with Gasteiger partial charge in [0.25, 0.3) is 0 Å². The number of allylic oxidation sites excluding steroid dienone is 3. The molecule has 146 valence electrons. The third-order valence-corrected chi connectivity index (χ3v) is 5.32. The van der Waals surface area contributed by atoms with Gasteiger partial charge in [-0.1, -0.05) is 43.0 Å². The lowest BCUT2D eigenvalue weighted by Gasteiger charge is -2.27. The Hall–Kier alpha value is -2.92. The van der Waals surface area contributed by atoms with Crippen molar-refractivity contribution in [1.29, 1.82) is 0 Å².